The van der Waals surface area contributed by atoms with Gasteiger partial charge in [0.15, 0.2) is 0 Å². The molecule has 0 radical (unpaired) electrons. The molecular weight excluding hydrogens is 482 g/mol. The minimum Gasteiger partial charge on any atom is -0.480 e. The summed E-state index contributed by atoms with van der Waals surface area (Å²) in [5, 5.41) is 15.0. The smallest absolute Gasteiger partial charge is 0.326 e. The predicted molar refractivity (Wildman–Crippen MR) is 135 cm³/mol. The van der Waals surface area contributed by atoms with Crippen LogP contribution >= 0.6 is 0 Å². The van der Waals surface area contributed by atoms with E-state index in [4.69, 9.17) is 9.72 Å². The molecule has 200 valence electrons. The minimum atomic E-state index is -1.31. The molecule has 0 saturated carbocycles. The van der Waals surface area contributed by atoms with E-state index >= 15 is 0 Å². The number of carboxylic acid groups (broad SMARTS) is 1. The van der Waals surface area contributed by atoms with Gasteiger partial charge in [-0.2, -0.15) is 0 Å². The van der Waals surface area contributed by atoms with Gasteiger partial charge in [-0.25, -0.2) is 18.6 Å². The maximum absolute atomic E-state index is 13.9. The quantitative estimate of drug-likeness (QED) is 0.421. The van der Waals surface area contributed by atoms with Crippen molar-refractivity contribution in [1.29, 1.82) is 0 Å². The summed E-state index contributed by atoms with van der Waals surface area (Å²) >= 11 is 0. The lowest BCUT2D eigenvalue weighted by atomic mass is 10.1. The van der Waals surface area contributed by atoms with Crippen LogP contribution in [0.5, 0.6) is 0 Å². The number of amides is 1. The number of anilines is 1. The number of pyridine rings is 1. The first-order valence-corrected chi connectivity index (χ1v) is 12.9. The summed E-state index contributed by atoms with van der Waals surface area (Å²) in [7, 11) is 0. The Morgan fingerprint density at radius 3 is 2.81 bits per heavy atom. The summed E-state index contributed by atoms with van der Waals surface area (Å²) in [6.07, 6.45) is 5.92. The van der Waals surface area contributed by atoms with Crippen LogP contribution in [0.2, 0.25) is 0 Å². The second-order valence-electron chi connectivity index (χ2n) is 9.63. The van der Waals surface area contributed by atoms with Crippen molar-refractivity contribution < 1.29 is 28.2 Å². The van der Waals surface area contributed by atoms with Crippen LogP contribution in [-0.4, -0.2) is 71.8 Å². The number of aliphatic carboxylic acids is 1. The molecule has 1 saturated heterocycles. The zero-order valence-electron chi connectivity index (χ0n) is 20.8. The highest BCUT2D eigenvalue weighted by molar-refractivity contribution is 5.97. The predicted octanol–water partition coefficient (Wildman–Crippen LogP) is 3.40. The fourth-order valence-electron chi connectivity index (χ4n) is 4.90. The Kier molecular flexibility index (Phi) is 9.40. The van der Waals surface area contributed by atoms with Gasteiger partial charge in [0.2, 0.25) is 0 Å². The molecule has 1 amide bonds. The van der Waals surface area contributed by atoms with Gasteiger partial charge in [-0.05, 0) is 75.4 Å². The molecule has 1 aromatic carbocycles. The number of ether oxygens (including phenoxy) is 1. The molecule has 8 nitrogen and oxygen atoms in total. The summed E-state index contributed by atoms with van der Waals surface area (Å²) in [5.41, 5.74) is 1.59. The molecule has 3 N–H and O–H groups in total. The van der Waals surface area contributed by atoms with Crippen molar-refractivity contribution in [3.05, 3.63) is 58.8 Å². The van der Waals surface area contributed by atoms with Gasteiger partial charge in [0, 0.05) is 31.8 Å². The Balaban J connectivity index is 1.19. The van der Waals surface area contributed by atoms with Crippen molar-refractivity contribution in [1.82, 2.24) is 15.2 Å². The summed E-state index contributed by atoms with van der Waals surface area (Å²) in [4.78, 5) is 31.0. The number of carboxylic acids is 1. The van der Waals surface area contributed by atoms with Crippen LogP contribution in [0, 0.1) is 11.6 Å². The summed E-state index contributed by atoms with van der Waals surface area (Å²) in [5.74, 6) is -3.45. The van der Waals surface area contributed by atoms with Gasteiger partial charge in [0.05, 0.1) is 6.10 Å². The number of fused-ring (bicyclic) bond motifs is 1. The molecular formula is C27H34F2N4O4. The molecule has 1 aromatic heterocycles. The number of likely N-dealkylation sites (tertiary alicyclic amines) is 1. The molecule has 2 aromatic rings. The highest BCUT2D eigenvalue weighted by Gasteiger charge is 2.26. The molecule has 37 heavy (non-hydrogen) atoms. The van der Waals surface area contributed by atoms with E-state index < -0.39 is 35.1 Å². The third kappa shape index (κ3) is 7.45. The number of halogens is 2. The third-order valence-corrected chi connectivity index (χ3v) is 6.87. The number of carbonyl (C=O) groups excluding carboxylic acids is 1. The summed E-state index contributed by atoms with van der Waals surface area (Å²) < 4.78 is 33.6. The second kappa shape index (κ2) is 12.9. The molecule has 4 rings (SSSR count). The van der Waals surface area contributed by atoms with Crippen molar-refractivity contribution in [3.8, 4) is 0 Å². The third-order valence-electron chi connectivity index (χ3n) is 6.87. The van der Waals surface area contributed by atoms with E-state index in [-0.39, 0.29) is 19.1 Å². The van der Waals surface area contributed by atoms with Gasteiger partial charge in [0.1, 0.15) is 29.1 Å². The number of nitrogens with zero attached hydrogens (tertiary/aromatic N) is 2. The van der Waals surface area contributed by atoms with Crippen molar-refractivity contribution in [2.75, 3.05) is 38.1 Å². The molecule has 0 bridgehead atoms. The largest absolute Gasteiger partial charge is 0.480 e. The Hall–Kier alpha value is -3.11. The maximum atomic E-state index is 13.9. The van der Waals surface area contributed by atoms with Crippen LogP contribution in [0.3, 0.4) is 0 Å². The first kappa shape index (κ1) is 26.9. The molecule has 1 fully saturated rings. The number of hydrogen-bond donors (Lipinski definition) is 3. The first-order chi connectivity index (χ1) is 17.9. The molecule has 2 aliphatic heterocycles. The number of aryl methyl sites for hydroxylation is 2. The van der Waals surface area contributed by atoms with Gasteiger partial charge in [-0.15, -0.1) is 0 Å². The molecule has 0 spiro atoms. The van der Waals surface area contributed by atoms with Crippen molar-refractivity contribution >= 4 is 17.7 Å². The number of aromatic nitrogens is 1. The Morgan fingerprint density at radius 2 is 2.03 bits per heavy atom. The lowest BCUT2D eigenvalue weighted by Crippen LogP contribution is -2.43. The van der Waals surface area contributed by atoms with Crippen molar-refractivity contribution in [2.45, 2.75) is 57.1 Å². The number of nitrogens with one attached hydrogen (secondary N) is 2. The molecule has 3 heterocycles. The van der Waals surface area contributed by atoms with E-state index in [1.54, 1.807) is 0 Å². The van der Waals surface area contributed by atoms with Crippen LogP contribution in [0.4, 0.5) is 14.6 Å². The topological polar surface area (TPSA) is 104 Å². The molecule has 2 atom stereocenters. The molecule has 10 heteroatoms. The zero-order valence-corrected chi connectivity index (χ0v) is 20.8. The normalized spacial score (nSPS) is 18.5. The van der Waals surface area contributed by atoms with E-state index in [1.807, 2.05) is 0 Å². The molecule has 0 aliphatic carbocycles. The van der Waals surface area contributed by atoms with E-state index in [2.05, 4.69) is 27.7 Å². The summed E-state index contributed by atoms with van der Waals surface area (Å²) in [6, 6.07) is 6.02. The molecule has 0 unspecified atom stereocenters. The zero-order chi connectivity index (χ0) is 26.2. The highest BCUT2D eigenvalue weighted by atomic mass is 19.1. The maximum Gasteiger partial charge on any atom is 0.326 e. The number of benzene rings is 1. The van der Waals surface area contributed by atoms with Gasteiger partial charge in [-0.3, -0.25) is 4.79 Å². The second-order valence-corrected chi connectivity index (χ2v) is 9.63. The van der Waals surface area contributed by atoms with E-state index in [9.17, 15) is 23.5 Å². The van der Waals surface area contributed by atoms with Gasteiger partial charge < -0.3 is 25.4 Å². The van der Waals surface area contributed by atoms with E-state index in [0.29, 0.717) is 0 Å². The highest BCUT2D eigenvalue weighted by Crippen LogP contribution is 2.21. The average molecular weight is 517 g/mol. The fraction of sp³-hybridized carbons (Fsp3) is 0.519. The minimum absolute atomic E-state index is 0.00826. The monoisotopic (exact) mass is 516 g/mol. The average Bonchev–Trinajstić information content (AvgIpc) is 2.88. The summed E-state index contributed by atoms with van der Waals surface area (Å²) in [6.45, 7) is 3.75. The number of carbonyl (C=O) groups is 2. The first-order valence-electron chi connectivity index (χ1n) is 12.9. The van der Waals surface area contributed by atoms with Crippen LogP contribution in [0.1, 0.15) is 53.7 Å². The van der Waals surface area contributed by atoms with Crippen molar-refractivity contribution in [2.24, 2.45) is 0 Å². The van der Waals surface area contributed by atoms with Gasteiger partial charge >= 0.3 is 5.97 Å². The van der Waals surface area contributed by atoms with Gasteiger partial charge in [0.25, 0.3) is 5.91 Å². The van der Waals surface area contributed by atoms with Gasteiger partial charge in [-0.1, -0.05) is 12.1 Å². The van der Waals surface area contributed by atoms with Crippen LogP contribution in [0.15, 0.2) is 30.3 Å². The van der Waals surface area contributed by atoms with E-state index in [1.165, 1.54) is 5.56 Å². The standard InChI is InChI=1S/C27H34F2N4O4/c28-21-8-1-9-22(29)24(21)26(34)32-23(27(35)36)12-16-37-20-7-4-15-33(17-20)14-3-6-19-11-10-18-5-2-13-30-25(18)31-19/h1,8-11,20,23H,2-7,12-17H2,(H,30,31)(H,32,34)(H,35,36)/t20-,23-/m1/s1. The lowest BCUT2D eigenvalue weighted by Gasteiger charge is -2.32. The van der Waals surface area contributed by atoms with Crippen LogP contribution in [0.25, 0.3) is 0 Å². The fourth-order valence-corrected chi connectivity index (χ4v) is 4.90. The van der Waals surface area contributed by atoms with E-state index in [0.717, 1.165) is 94.4 Å². The number of hydrogen-bond acceptors (Lipinski definition) is 6. The van der Waals surface area contributed by atoms with Crippen LogP contribution < -0.4 is 10.6 Å². The number of piperidine rings is 1. The Morgan fingerprint density at radius 1 is 1.22 bits per heavy atom. The van der Waals surface area contributed by atoms with Crippen LogP contribution in [-0.2, 0) is 22.4 Å². The molecule has 2 aliphatic rings. The number of rotatable bonds is 11. The SMILES string of the molecule is O=C(N[C@H](CCO[C@@H]1CCCN(CCCc2ccc3c(n2)NCCC3)C1)C(=O)O)c1c(F)cccc1F. The van der Waals surface area contributed by atoms with Crippen molar-refractivity contribution in [3.63, 3.8) is 0 Å². The Labute approximate surface area is 215 Å². The Bertz CT molecular complexity index is 1080. The lowest BCUT2D eigenvalue weighted by molar-refractivity contribution is -0.140.